The predicted molar refractivity (Wildman–Crippen MR) is 58.2 cm³/mol. The van der Waals surface area contributed by atoms with E-state index in [2.05, 4.69) is 4.74 Å². The van der Waals surface area contributed by atoms with Crippen molar-refractivity contribution >= 4 is 12.0 Å². The van der Waals surface area contributed by atoms with Crippen LogP contribution >= 0.6 is 0 Å². The van der Waals surface area contributed by atoms with Gasteiger partial charge >= 0.3 is 5.97 Å². The Bertz CT molecular complexity index is 408. The van der Waals surface area contributed by atoms with Crippen LogP contribution in [0.1, 0.15) is 11.1 Å². The molecule has 1 rings (SSSR count). The highest BCUT2D eigenvalue weighted by atomic mass is 16.6. The summed E-state index contributed by atoms with van der Waals surface area (Å²) >= 11 is 0. The third-order valence-corrected chi connectivity index (χ3v) is 1.90. The summed E-state index contributed by atoms with van der Waals surface area (Å²) in [5.41, 5.74) is 1.41. The standard InChI is InChI=1S/C11H11NO4/c1-16-11(13)7-6-9-2-4-10(5-3-9)8-12(14)15/h2-7H,8H2,1H3/b7-6+. The molecule has 1 aromatic carbocycles. The largest absolute Gasteiger partial charge is 0.466 e. The van der Waals surface area contributed by atoms with Crippen LogP contribution in [0, 0.1) is 10.1 Å². The molecule has 0 unspecified atom stereocenters. The quantitative estimate of drug-likeness (QED) is 0.335. The minimum Gasteiger partial charge on any atom is -0.466 e. The van der Waals surface area contributed by atoms with Gasteiger partial charge in [0.15, 0.2) is 0 Å². The van der Waals surface area contributed by atoms with E-state index in [0.717, 1.165) is 5.56 Å². The maximum Gasteiger partial charge on any atom is 0.330 e. The highest BCUT2D eigenvalue weighted by Crippen LogP contribution is 2.07. The number of methoxy groups -OCH3 is 1. The van der Waals surface area contributed by atoms with Gasteiger partial charge in [-0.1, -0.05) is 24.3 Å². The highest BCUT2D eigenvalue weighted by Gasteiger charge is 2.00. The van der Waals surface area contributed by atoms with Crippen molar-refractivity contribution in [3.63, 3.8) is 0 Å². The van der Waals surface area contributed by atoms with Gasteiger partial charge in [-0.05, 0) is 11.6 Å². The lowest BCUT2D eigenvalue weighted by Gasteiger charge is -1.96. The van der Waals surface area contributed by atoms with E-state index >= 15 is 0 Å². The zero-order valence-corrected chi connectivity index (χ0v) is 8.75. The number of nitrogens with zero attached hydrogens (tertiary/aromatic N) is 1. The topological polar surface area (TPSA) is 69.4 Å². The monoisotopic (exact) mass is 221 g/mol. The van der Waals surface area contributed by atoms with Crippen LogP contribution in [0.4, 0.5) is 0 Å². The molecule has 0 saturated carbocycles. The molecule has 0 aromatic heterocycles. The van der Waals surface area contributed by atoms with E-state index in [1.165, 1.54) is 13.2 Å². The molecule has 0 aliphatic carbocycles. The lowest BCUT2D eigenvalue weighted by molar-refractivity contribution is -0.496. The maximum atomic E-state index is 10.8. The summed E-state index contributed by atoms with van der Waals surface area (Å²) in [7, 11) is 1.30. The fourth-order valence-corrected chi connectivity index (χ4v) is 1.12. The molecule has 16 heavy (non-hydrogen) atoms. The molecule has 0 amide bonds. The molecule has 0 aliphatic rings. The molecular weight excluding hydrogens is 210 g/mol. The Kier molecular flexibility index (Phi) is 4.20. The average Bonchev–Trinajstić information content (AvgIpc) is 2.27. The van der Waals surface area contributed by atoms with Gasteiger partial charge in [-0.3, -0.25) is 10.1 Å². The fraction of sp³-hybridized carbons (Fsp3) is 0.182. The Morgan fingerprint density at radius 1 is 1.44 bits per heavy atom. The molecular formula is C11H11NO4. The van der Waals surface area contributed by atoms with Gasteiger partial charge in [0.25, 0.3) is 0 Å². The number of hydrogen-bond donors (Lipinski definition) is 0. The molecule has 5 nitrogen and oxygen atoms in total. The van der Waals surface area contributed by atoms with Crippen LogP contribution in [0.15, 0.2) is 30.3 Å². The molecule has 0 spiro atoms. The van der Waals surface area contributed by atoms with Crippen molar-refractivity contribution in [3.8, 4) is 0 Å². The first-order valence-electron chi connectivity index (χ1n) is 4.58. The average molecular weight is 221 g/mol. The van der Waals surface area contributed by atoms with Crippen molar-refractivity contribution < 1.29 is 14.5 Å². The number of nitro groups is 1. The Morgan fingerprint density at radius 3 is 2.56 bits per heavy atom. The van der Waals surface area contributed by atoms with Crippen LogP contribution in [0.5, 0.6) is 0 Å². The Labute approximate surface area is 92.5 Å². The first-order valence-corrected chi connectivity index (χ1v) is 4.58. The third-order valence-electron chi connectivity index (χ3n) is 1.90. The first-order chi connectivity index (χ1) is 7.61. The van der Waals surface area contributed by atoms with E-state index in [-0.39, 0.29) is 11.5 Å². The first kappa shape index (κ1) is 11.9. The van der Waals surface area contributed by atoms with Crippen LogP contribution in [-0.4, -0.2) is 18.0 Å². The van der Waals surface area contributed by atoms with Crippen molar-refractivity contribution in [3.05, 3.63) is 51.6 Å². The number of hydrogen-bond acceptors (Lipinski definition) is 4. The maximum absolute atomic E-state index is 10.8. The number of esters is 1. The number of rotatable bonds is 4. The van der Waals surface area contributed by atoms with Gasteiger partial charge in [0.1, 0.15) is 0 Å². The fourth-order valence-electron chi connectivity index (χ4n) is 1.12. The lowest BCUT2D eigenvalue weighted by atomic mass is 10.1. The second kappa shape index (κ2) is 5.65. The summed E-state index contributed by atoms with van der Waals surface area (Å²) in [5, 5.41) is 10.2. The Hall–Kier alpha value is -2.17. The summed E-state index contributed by atoms with van der Waals surface area (Å²) in [5.74, 6) is -0.436. The van der Waals surface area contributed by atoms with Gasteiger partial charge in [-0.15, -0.1) is 0 Å². The number of benzene rings is 1. The van der Waals surface area contributed by atoms with Gasteiger partial charge < -0.3 is 4.74 Å². The van der Waals surface area contributed by atoms with Crippen LogP contribution in [0.25, 0.3) is 6.08 Å². The van der Waals surface area contributed by atoms with E-state index in [4.69, 9.17) is 0 Å². The molecule has 0 radical (unpaired) electrons. The van der Waals surface area contributed by atoms with Crippen molar-refractivity contribution in [1.82, 2.24) is 0 Å². The normalized spacial score (nSPS) is 10.3. The van der Waals surface area contributed by atoms with Crippen molar-refractivity contribution in [2.75, 3.05) is 7.11 Å². The summed E-state index contributed by atoms with van der Waals surface area (Å²) in [4.78, 5) is 20.6. The van der Waals surface area contributed by atoms with E-state index in [1.807, 2.05) is 0 Å². The van der Waals surface area contributed by atoms with E-state index in [0.29, 0.717) is 5.56 Å². The van der Waals surface area contributed by atoms with Crippen molar-refractivity contribution in [2.24, 2.45) is 0 Å². The lowest BCUT2D eigenvalue weighted by Crippen LogP contribution is -1.97. The summed E-state index contributed by atoms with van der Waals surface area (Å²) in [6, 6.07) is 6.72. The zero-order chi connectivity index (χ0) is 12.0. The molecule has 1 aromatic rings. The van der Waals surface area contributed by atoms with Gasteiger partial charge in [-0.2, -0.15) is 0 Å². The molecule has 84 valence electrons. The number of ether oxygens (including phenoxy) is 1. The van der Waals surface area contributed by atoms with Crippen molar-refractivity contribution in [1.29, 1.82) is 0 Å². The van der Waals surface area contributed by atoms with Crippen LogP contribution in [-0.2, 0) is 16.1 Å². The molecule has 0 saturated heterocycles. The van der Waals surface area contributed by atoms with E-state index in [9.17, 15) is 14.9 Å². The molecule has 0 N–H and O–H groups in total. The molecule has 0 bridgehead atoms. The summed E-state index contributed by atoms with van der Waals surface area (Å²) in [6.07, 6.45) is 2.88. The molecule has 0 heterocycles. The van der Waals surface area contributed by atoms with Gasteiger partial charge in [0, 0.05) is 16.6 Å². The van der Waals surface area contributed by atoms with Crippen LogP contribution < -0.4 is 0 Å². The molecule has 5 heteroatoms. The predicted octanol–water partition coefficient (Wildman–Crippen LogP) is 1.65. The van der Waals surface area contributed by atoms with E-state index < -0.39 is 5.97 Å². The number of carbonyl (C=O) groups is 1. The minimum atomic E-state index is -0.436. The Morgan fingerprint density at radius 2 is 2.06 bits per heavy atom. The smallest absolute Gasteiger partial charge is 0.330 e. The van der Waals surface area contributed by atoms with Crippen LogP contribution in [0.3, 0.4) is 0 Å². The van der Waals surface area contributed by atoms with Gasteiger partial charge in [0.05, 0.1) is 7.11 Å². The SMILES string of the molecule is COC(=O)/C=C/c1ccc(C[N+](=O)[O-])cc1. The molecule has 0 aliphatic heterocycles. The minimum absolute atomic E-state index is 0.193. The highest BCUT2D eigenvalue weighted by molar-refractivity contribution is 5.86. The third kappa shape index (κ3) is 3.91. The molecule has 0 atom stereocenters. The Balaban J connectivity index is 2.68. The zero-order valence-electron chi connectivity index (χ0n) is 8.75. The molecule has 0 fully saturated rings. The van der Waals surface area contributed by atoms with E-state index in [1.54, 1.807) is 30.3 Å². The van der Waals surface area contributed by atoms with Crippen LogP contribution in [0.2, 0.25) is 0 Å². The van der Waals surface area contributed by atoms with Gasteiger partial charge in [0.2, 0.25) is 6.54 Å². The summed E-state index contributed by atoms with van der Waals surface area (Å²) < 4.78 is 4.43. The van der Waals surface area contributed by atoms with Gasteiger partial charge in [-0.25, -0.2) is 4.79 Å². The number of carbonyl (C=O) groups excluding carboxylic acids is 1. The van der Waals surface area contributed by atoms with Crippen molar-refractivity contribution in [2.45, 2.75) is 6.54 Å². The summed E-state index contributed by atoms with van der Waals surface area (Å²) in [6.45, 7) is -0.193. The second-order valence-corrected chi connectivity index (χ2v) is 3.09. The second-order valence-electron chi connectivity index (χ2n) is 3.09.